The molecule has 1 aromatic carbocycles. The van der Waals surface area contributed by atoms with Crippen LogP contribution in [0.25, 0.3) is 0 Å². The van der Waals surface area contributed by atoms with Crippen LogP contribution in [0.5, 0.6) is 0 Å². The quantitative estimate of drug-likeness (QED) is 0.290. The summed E-state index contributed by atoms with van der Waals surface area (Å²) in [4.78, 5) is 24.2. The van der Waals surface area contributed by atoms with Gasteiger partial charge in [0.25, 0.3) is 0 Å². The molecule has 0 radical (unpaired) electrons. The molecule has 4 heteroatoms. The average Bonchev–Trinajstić information content (AvgIpc) is 2.75. The van der Waals surface area contributed by atoms with E-state index < -0.39 is 6.10 Å². The molecule has 1 aliphatic rings. The summed E-state index contributed by atoms with van der Waals surface area (Å²) in [5, 5.41) is 10.2. The predicted molar refractivity (Wildman–Crippen MR) is 120 cm³/mol. The number of carbonyl (C=O) groups excluding carboxylic acids is 2. The van der Waals surface area contributed by atoms with Gasteiger partial charge in [-0.05, 0) is 55.6 Å². The van der Waals surface area contributed by atoms with E-state index >= 15 is 0 Å². The van der Waals surface area contributed by atoms with Gasteiger partial charge in [0.1, 0.15) is 5.78 Å². The number of aryl methyl sites for hydroxylation is 1. The van der Waals surface area contributed by atoms with Crippen molar-refractivity contribution in [3.8, 4) is 0 Å². The Hall–Kier alpha value is -1.94. The number of carbonyl (C=O) groups is 2. The summed E-state index contributed by atoms with van der Waals surface area (Å²) < 4.78 is 4.73. The molecule has 0 aliphatic heterocycles. The number of hydrogen-bond acceptors (Lipinski definition) is 4. The number of methoxy groups -OCH3 is 1. The topological polar surface area (TPSA) is 63.6 Å². The molecule has 0 unspecified atom stereocenters. The van der Waals surface area contributed by atoms with Gasteiger partial charge in [-0.3, -0.25) is 9.59 Å². The van der Waals surface area contributed by atoms with Gasteiger partial charge in [0.15, 0.2) is 0 Å². The van der Waals surface area contributed by atoms with Crippen LogP contribution >= 0.6 is 0 Å². The highest BCUT2D eigenvalue weighted by Gasteiger charge is 2.30. The van der Waals surface area contributed by atoms with Gasteiger partial charge in [-0.2, -0.15) is 0 Å². The lowest BCUT2D eigenvalue weighted by molar-refractivity contribution is -0.140. The zero-order valence-corrected chi connectivity index (χ0v) is 18.6. The highest BCUT2D eigenvalue weighted by molar-refractivity contribution is 5.82. The third-order valence-corrected chi connectivity index (χ3v) is 6.19. The summed E-state index contributed by atoms with van der Waals surface area (Å²) in [5.41, 5.74) is 2.41. The minimum atomic E-state index is -0.417. The SMILES string of the molecule is CCCCC[C@H](O)/C=C/[C@H]1CCCC(=O)[C@@H]1Cc1ccccc1CCCC(=O)OC. The van der Waals surface area contributed by atoms with E-state index in [1.165, 1.54) is 18.2 Å². The van der Waals surface area contributed by atoms with Crippen LogP contribution in [0.2, 0.25) is 0 Å². The van der Waals surface area contributed by atoms with Crippen molar-refractivity contribution in [3.63, 3.8) is 0 Å². The maximum Gasteiger partial charge on any atom is 0.305 e. The van der Waals surface area contributed by atoms with E-state index in [-0.39, 0.29) is 17.8 Å². The molecule has 0 spiro atoms. The molecule has 1 N–H and O–H groups in total. The molecule has 0 amide bonds. The van der Waals surface area contributed by atoms with Gasteiger partial charge in [-0.15, -0.1) is 0 Å². The molecule has 166 valence electrons. The van der Waals surface area contributed by atoms with Crippen molar-refractivity contribution in [2.75, 3.05) is 7.11 Å². The summed E-state index contributed by atoms with van der Waals surface area (Å²) in [5.74, 6) is 0.313. The van der Waals surface area contributed by atoms with Gasteiger partial charge in [-0.1, -0.05) is 62.6 Å². The zero-order valence-electron chi connectivity index (χ0n) is 18.6. The van der Waals surface area contributed by atoms with Crippen LogP contribution in [-0.4, -0.2) is 30.1 Å². The fourth-order valence-electron chi connectivity index (χ4n) is 4.37. The van der Waals surface area contributed by atoms with Crippen molar-refractivity contribution in [1.82, 2.24) is 0 Å². The van der Waals surface area contributed by atoms with Crippen LogP contribution in [0.1, 0.15) is 75.8 Å². The summed E-state index contributed by atoms with van der Waals surface area (Å²) in [6.07, 6.45) is 13.0. The Morgan fingerprint density at radius 2 is 2.00 bits per heavy atom. The van der Waals surface area contributed by atoms with E-state index in [2.05, 4.69) is 25.1 Å². The second-order valence-corrected chi connectivity index (χ2v) is 8.48. The van der Waals surface area contributed by atoms with Gasteiger partial charge < -0.3 is 9.84 Å². The monoisotopic (exact) mass is 414 g/mol. The Morgan fingerprint density at radius 1 is 1.23 bits per heavy atom. The van der Waals surface area contributed by atoms with E-state index in [0.29, 0.717) is 18.6 Å². The molecule has 0 heterocycles. The molecular weight excluding hydrogens is 376 g/mol. The third kappa shape index (κ3) is 8.06. The molecule has 1 aromatic rings. The normalized spacial score (nSPS) is 20.4. The predicted octanol–water partition coefficient (Wildman–Crippen LogP) is 5.21. The van der Waals surface area contributed by atoms with E-state index in [0.717, 1.165) is 57.8 Å². The smallest absolute Gasteiger partial charge is 0.305 e. The zero-order chi connectivity index (χ0) is 21.8. The number of allylic oxidation sites excluding steroid dienone is 1. The molecule has 0 aromatic heterocycles. The minimum Gasteiger partial charge on any atom is -0.469 e. The van der Waals surface area contributed by atoms with Crippen LogP contribution in [0.4, 0.5) is 0 Å². The Balaban J connectivity index is 2.03. The second kappa shape index (κ2) is 13.4. The number of hydrogen-bond donors (Lipinski definition) is 1. The van der Waals surface area contributed by atoms with Crippen molar-refractivity contribution < 1.29 is 19.4 Å². The Morgan fingerprint density at radius 3 is 2.73 bits per heavy atom. The Labute approximate surface area is 181 Å². The van der Waals surface area contributed by atoms with Crippen molar-refractivity contribution in [3.05, 3.63) is 47.5 Å². The lowest BCUT2D eigenvalue weighted by Crippen LogP contribution is -2.29. The van der Waals surface area contributed by atoms with Gasteiger partial charge in [0, 0.05) is 18.8 Å². The van der Waals surface area contributed by atoms with Crippen LogP contribution in [0, 0.1) is 11.8 Å². The van der Waals surface area contributed by atoms with Crippen molar-refractivity contribution in [2.45, 2.75) is 83.7 Å². The first-order valence-electron chi connectivity index (χ1n) is 11.6. The van der Waals surface area contributed by atoms with Crippen LogP contribution in [0.3, 0.4) is 0 Å². The van der Waals surface area contributed by atoms with Gasteiger partial charge in [0.2, 0.25) is 0 Å². The molecule has 1 fully saturated rings. The fraction of sp³-hybridized carbons (Fsp3) is 0.615. The summed E-state index contributed by atoms with van der Waals surface area (Å²) >= 11 is 0. The number of esters is 1. The van der Waals surface area contributed by atoms with Crippen LogP contribution < -0.4 is 0 Å². The highest BCUT2D eigenvalue weighted by Crippen LogP contribution is 2.32. The number of ketones is 1. The van der Waals surface area contributed by atoms with E-state index in [1.54, 1.807) is 0 Å². The molecule has 1 saturated carbocycles. The molecule has 4 nitrogen and oxygen atoms in total. The van der Waals surface area contributed by atoms with Gasteiger partial charge in [0.05, 0.1) is 13.2 Å². The van der Waals surface area contributed by atoms with Crippen LogP contribution in [-0.2, 0) is 27.2 Å². The largest absolute Gasteiger partial charge is 0.469 e. The molecule has 1 aliphatic carbocycles. The van der Waals surface area contributed by atoms with Crippen molar-refractivity contribution in [2.24, 2.45) is 11.8 Å². The summed E-state index contributed by atoms with van der Waals surface area (Å²) in [6.45, 7) is 2.16. The van der Waals surface area contributed by atoms with Crippen molar-refractivity contribution >= 4 is 11.8 Å². The summed E-state index contributed by atoms with van der Waals surface area (Å²) in [7, 11) is 1.42. The van der Waals surface area contributed by atoms with E-state index in [9.17, 15) is 14.7 Å². The van der Waals surface area contributed by atoms with E-state index in [1.807, 2.05) is 18.2 Å². The molecular formula is C26H38O4. The first kappa shape index (κ1) is 24.3. The maximum atomic E-state index is 12.8. The number of Topliss-reactive ketones (excluding diaryl/α,β-unsaturated/α-hetero) is 1. The second-order valence-electron chi connectivity index (χ2n) is 8.48. The first-order chi connectivity index (χ1) is 14.5. The Bertz CT molecular complexity index is 694. The van der Waals surface area contributed by atoms with Gasteiger partial charge in [-0.25, -0.2) is 0 Å². The Kier molecular flexibility index (Phi) is 10.9. The van der Waals surface area contributed by atoms with Gasteiger partial charge >= 0.3 is 5.97 Å². The molecule has 2 rings (SSSR count). The van der Waals surface area contributed by atoms with Crippen LogP contribution in [0.15, 0.2) is 36.4 Å². The number of aliphatic hydroxyl groups is 1. The standard InChI is InChI=1S/C26H38O4/c1-3-4-5-14-23(27)18-17-21-13-8-15-25(28)24(21)19-22-11-7-6-10-20(22)12-9-16-26(29)30-2/h6-7,10-11,17-18,21,23-24,27H,3-5,8-9,12-16,19H2,1-2H3/b18-17+/t21-,23+,24-/m1/s1. The van der Waals surface area contributed by atoms with E-state index in [4.69, 9.17) is 4.74 Å². The highest BCUT2D eigenvalue weighted by atomic mass is 16.5. The average molecular weight is 415 g/mol. The third-order valence-electron chi connectivity index (χ3n) is 6.19. The fourth-order valence-corrected chi connectivity index (χ4v) is 4.37. The number of unbranched alkanes of at least 4 members (excludes halogenated alkanes) is 2. The molecule has 0 saturated heterocycles. The first-order valence-corrected chi connectivity index (χ1v) is 11.6. The number of benzene rings is 1. The number of aliphatic hydroxyl groups excluding tert-OH is 1. The lowest BCUT2D eigenvalue weighted by Gasteiger charge is -2.29. The maximum absolute atomic E-state index is 12.8. The minimum absolute atomic E-state index is 0.0281. The number of rotatable bonds is 12. The lowest BCUT2D eigenvalue weighted by atomic mass is 9.74. The molecule has 3 atom stereocenters. The number of ether oxygens (including phenoxy) is 1. The summed E-state index contributed by atoms with van der Waals surface area (Å²) in [6, 6.07) is 8.25. The molecule has 0 bridgehead atoms. The molecule has 30 heavy (non-hydrogen) atoms. The van der Waals surface area contributed by atoms with Crippen molar-refractivity contribution in [1.29, 1.82) is 0 Å².